The summed E-state index contributed by atoms with van der Waals surface area (Å²) in [6.45, 7) is 2.73. The Balaban J connectivity index is 1.53. The first-order valence-corrected chi connectivity index (χ1v) is 8.25. The second-order valence-corrected chi connectivity index (χ2v) is 6.01. The van der Waals surface area contributed by atoms with E-state index in [1.807, 2.05) is 12.1 Å². The van der Waals surface area contributed by atoms with E-state index in [1.54, 1.807) is 31.6 Å². The first kappa shape index (κ1) is 16.6. The fourth-order valence-corrected chi connectivity index (χ4v) is 3.00. The summed E-state index contributed by atoms with van der Waals surface area (Å²) in [7, 11) is 1.62. The summed E-state index contributed by atoms with van der Waals surface area (Å²) in [5.74, 6) is 0.921. The second kappa shape index (κ2) is 8.02. The fourth-order valence-electron chi connectivity index (χ4n) is 3.00. The van der Waals surface area contributed by atoms with E-state index in [0.717, 1.165) is 38.2 Å². The predicted molar refractivity (Wildman–Crippen MR) is 92.0 cm³/mol. The molecule has 0 atom stereocenters. The molecule has 4 nitrogen and oxygen atoms in total. The SMILES string of the molecule is COc1nccnc1CN1CCC(/C=C/c2ccccc2F)CC1. The van der Waals surface area contributed by atoms with Crippen LogP contribution in [0.2, 0.25) is 0 Å². The summed E-state index contributed by atoms with van der Waals surface area (Å²) in [6.07, 6.45) is 9.50. The van der Waals surface area contributed by atoms with Crippen molar-refractivity contribution >= 4 is 6.08 Å². The minimum atomic E-state index is -0.166. The van der Waals surface area contributed by atoms with Crippen LogP contribution in [0.1, 0.15) is 24.1 Å². The van der Waals surface area contributed by atoms with E-state index >= 15 is 0 Å². The van der Waals surface area contributed by atoms with Gasteiger partial charge in [-0.15, -0.1) is 0 Å². The van der Waals surface area contributed by atoms with Crippen molar-refractivity contribution in [1.29, 1.82) is 0 Å². The van der Waals surface area contributed by atoms with Gasteiger partial charge in [0, 0.05) is 24.5 Å². The summed E-state index contributed by atoms with van der Waals surface area (Å²) in [6, 6.07) is 6.88. The highest BCUT2D eigenvalue weighted by Gasteiger charge is 2.19. The highest BCUT2D eigenvalue weighted by atomic mass is 19.1. The van der Waals surface area contributed by atoms with E-state index in [1.165, 1.54) is 6.07 Å². The third kappa shape index (κ3) is 4.17. The Hall–Kier alpha value is -2.27. The number of halogens is 1. The average Bonchev–Trinajstić information content (AvgIpc) is 2.63. The van der Waals surface area contributed by atoms with Crippen molar-refractivity contribution in [2.24, 2.45) is 5.92 Å². The molecule has 0 spiro atoms. The Morgan fingerprint density at radius 3 is 2.71 bits per heavy atom. The monoisotopic (exact) mass is 327 g/mol. The molecule has 126 valence electrons. The van der Waals surface area contributed by atoms with Crippen molar-refractivity contribution in [3.63, 3.8) is 0 Å². The average molecular weight is 327 g/mol. The number of piperidine rings is 1. The first-order valence-electron chi connectivity index (χ1n) is 8.25. The Morgan fingerprint density at radius 2 is 1.96 bits per heavy atom. The minimum Gasteiger partial charge on any atom is -0.480 e. The maximum absolute atomic E-state index is 13.6. The number of rotatable bonds is 5. The van der Waals surface area contributed by atoms with Gasteiger partial charge in [0.05, 0.1) is 7.11 Å². The molecule has 5 heteroatoms. The van der Waals surface area contributed by atoms with Crippen LogP contribution < -0.4 is 4.74 Å². The van der Waals surface area contributed by atoms with Crippen LogP contribution in [-0.2, 0) is 6.54 Å². The van der Waals surface area contributed by atoms with Crippen LogP contribution in [0.4, 0.5) is 4.39 Å². The zero-order valence-electron chi connectivity index (χ0n) is 13.9. The molecule has 0 aliphatic carbocycles. The van der Waals surface area contributed by atoms with Crippen molar-refractivity contribution < 1.29 is 9.13 Å². The molecule has 3 rings (SSSR count). The van der Waals surface area contributed by atoms with Gasteiger partial charge in [-0.25, -0.2) is 9.37 Å². The lowest BCUT2D eigenvalue weighted by Crippen LogP contribution is -2.33. The number of likely N-dealkylation sites (tertiary alicyclic amines) is 1. The summed E-state index contributed by atoms with van der Waals surface area (Å²) in [5.41, 5.74) is 1.53. The summed E-state index contributed by atoms with van der Waals surface area (Å²) in [5, 5.41) is 0. The van der Waals surface area contributed by atoms with Crippen LogP contribution in [0.5, 0.6) is 5.88 Å². The van der Waals surface area contributed by atoms with Crippen LogP contribution in [0, 0.1) is 11.7 Å². The van der Waals surface area contributed by atoms with E-state index in [4.69, 9.17) is 4.74 Å². The van der Waals surface area contributed by atoms with Crippen molar-refractivity contribution in [2.45, 2.75) is 19.4 Å². The lowest BCUT2D eigenvalue weighted by Gasteiger charge is -2.30. The molecule has 2 aromatic rings. The number of aromatic nitrogens is 2. The van der Waals surface area contributed by atoms with Crippen LogP contribution in [0.25, 0.3) is 6.08 Å². The molecule has 1 aliphatic rings. The lowest BCUT2D eigenvalue weighted by atomic mass is 9.95. The molecule has 1 saturated heterocycles. The topological polar surface area (TPSA) is 38.3 Å². The Labute approximate surface area is 142 Å². The third-order valence-corrected chi connectivity index (χ3v) is 4.39. The van der Waals surface area contributed by atoms with Gasteiger partial charge < -0.3 is 4.74 Å². The molecule has 0 amide bonds. The fraction of sp³-hybridized carbons (Fsp3) is 0.368. The molecule has 0 N–H and O–H groups in total. The van der Waals surface area contributed by atoms with Crippen molar-refractivity contribution in [3.8, 4) is 5.88 Å². The van der Waals surface area contributed by atoms with E-state index in [0.29, 0.717) is 17.4 Å². The molecule has 1 fully saturated rings. The van der Waals surface area contributed by atoms with Gasteiger partial charge in [0.25, 0.3) is 0 Å². The zero-order chi connectivity index (χ0) is 16.8. The van der Waals surface area contributed by atoms with Crippen LogP contribution in [0.3, 0.4) is 0 Å². The Morgan fingerprint density at radius 1 is 1.21 bits per heavy atom. The molecule has 0 saturated carbocycles. The Bertz CT molecular complexity index is 697. The Kier molecular flexibility index (Phi) is 5.54. The maximum Gasteiger partial charge on any atom is 0.236 e. The van der Waals surface area contributed by atoms with Crippen LogP contribution in [0.15, 0.2) is 42.7 Å². The normalized spacial score (nSPS) is 16.6. The number of benzene rings is 1. The molecular weight excluding hydrogens is 305 g/mol. The number of allylic oxidation sites excluding steroid dienone is 1. The molecular formula is C19H22FN3O. The smallest absolute Gasteiger partial charge is 0.236 e. The molecule has 0 bridgehead atoms. The lowest BCUT2D eigenvalue weighted by molar-refractivity contribution is 0.191. The van der Waals surface area contributed by atoms with Crippen molar-refractivity contribution in [2.75, 3.05) is 20.2 Å². The summed E-state index contributed by atoms with van der Waals surface area (Å²) >= 11 is 0. The molecule has 1 aromatic heterocycles. The second-order valence-electron chi connectivity index (χ2n) is 6.01. The standard InChI is InChI=1S/C19H22FN3O/c1-24-19-18(21-10-11-22-19)14-23-12-8-15(9-13-23)6-7-16-4-2-3-5-17(16)20/h2-7,10-11,15H,8-9,12-14H2,1H3/b7-6+. The first-order chi connectivity index (χ1) is 11.8. The highest BCUT2D eigenvalue weighted by molar-refractivity contribution is 5.50. The maximum atomic E-state index is 13.6. The molecule has 1 aliphatic heterocycles. The summed E-state index contributed by atoms with van der Waals surface area (Å²) in [4.78, 5) is 10.9. The van der Waals surface area contributed by atoms with Gasteiger partial charge in [-0.1, -0.05) is 30.4 Å². The predicted octanol–water partition coefficient (Wildman–Crippen LogP) is 3.55. The largest absolute Gasteiger partial charge is 0.480 e. The van der Waals surface area contributed by atoms with Gasteiger partial charge in [-0.2, -0.15) is 0 Å². The van der Waals surface area contributed by atoms with Crippen LogP contribution in [-0.4, -0.2) is 35.1 Å². The van der Waals surface area contributed by atoms with Gasteiger partial charge in [-0.3, -0.25) is 9.88 Å². The van der Waals surface area contributed by atoms with Gasteiger partial charge in [0.15, 0.2) is 0 Å². The molecule has 1 aromatic carbocycles. The summed E-state index contributed by atoms with van der Waals surface area (Å²) < 4.78 is 18.9. The minimum absolute atomic E-state index is 0.166. The van der Waals surface area contributed by atoms with E-state index in [9.17, 15) is 4.39 Å². The highest BCUT2D eigenvalue weighted by Crippen LogP contribution is 2.23. The van der Waals surface area contributed by atoms with Gasteiger partial charge in [0.2, 0.25) is 5.88 Å². The number of methoxy groups -OCH3 is 1. The quantitative estimate of drug-likeness (QED) is 0.842. The zero-order valence-corrected chi connectivity index (χ0v) is 13.9. The molecule has 24 heavy (non-hydrogen) atoms. The van der Waals surface area contributed by atoms with Crippen molar-refractivity contribution in [3.05, 3.63) is 59.8 Å². The van der Waals surface area contributed by atoms with Gasteiger partial charge >= 0.3 is 0 Å². The molecule has 0 unspecified atom stereocenters. The molecule has 0 radical (unpaired) electrons. The van der Waals surface area contributed by atoms with E-state index in [2.05, 4.69) is 20.9 Å². The number of ether oxygens (including phenoxy) is 1. The number of hydrogen-bond acceptors (Lipinski definition) is 4. The third-order valence-electron chi connectivity index (χ3n) is 4.39. The van der Waals surface area contributed by atoms with Crippen LogP contribution >= 0.6 is 0 Å². The number of nitrogens with zero attached hydrogens (tertiary/aromatic N) is 3. The number of hydrogen-bond donors (Lipinski definition) is 0. The van der Waals surface area contributed by atoms with Gasteiger partial charge in [-0.05, 0) is 37.9 Å². The van der Waals surface area contributed by atoms with E-state index in [-0.39, 0.29) is 5.82 Å². The van der Waals surface area contributed by atoms with E-state index < -0.39 is 0 Å². The van der Waals surface area contributed by atoms with Crippen molar-refractivity contribution in [1.82, 2.24) is 14.9 Å². The van der Waals surface area contributed by atoms with Gasteiger partial charge in [0.1, 0.15) is 11.5 Å². The molecule has 2 heterocycles.